The second-order valence-corrected chi connectivity index (χ2v) is 5.68. The number of fused-ring (bicyclic) bond motifs is 1. The summed E-state index contributed by atoms with van der Waals surface area (Å²) < 4.78 is 0. The summed E-state index contributed by atoms with van der Waals surface area (Å²) in [7, 11) is 0. The van der Waals surface area contributed by atoms with Crippen molar-refractivity contribution >= 4 is 17.5 Å². The molecule has 1 atom stereocenters. The third-order valence-corrected chi connectivity index (χ3v) is 4.24. The van der Waals surface area contributed by atoms with Gasteiger partial charge in [0.2, 0.25) is 11.8 Å². The summed E-state index contributed by atoms with van der Waals surface area (Å²) in [4.78, 5) is 28.5. The van der Waals surface area contributed by atoms with Gasteiger partial charge in [0.05, 0.1) is 0 Å². The fourth-order valence-electron chi connectivity index (χ4n) is 3.18. The van der Waals surface area contributed by atoms with Crippen molar-refractivity contribution < 1.29 is 9.59 Å². The SMILES string of the molecule is Cc1cccc(N2CCC(=O)N3CCCCC3C2=O)c1. The van der Waals surface area contributed by atoms with E-state index in [-0.39, 0.29) is 17.9 Å². The minimum atomic E-state index is -0.251. The molecule has 0 spiro atoms. The summed E-state index contributed by atoms with van der Waals surface area (Å²) in [6, 6.07) is 7.70. The number of carbonyl (C=O) groups is 2. The zero-order chi connectivity index (χ0) is 14.1. The molecule has 20 heavy (non-hydrogen) atoms. The normalized spacial score (nSPS) is 23.6. The summed E-state index contributed by atoms with van der Waals surface area (Å²) in [5.74, 6) is 0.208. The molecule has 0 aliphatic carbocycles. The highest BCUT2D eigenvalue weighted by atomic mass is 16.2. The number of benzene rings is 1. The Labute approximate surface area is 119 Å². The fraction of sp³-hybridized carbons (Fsp3) is 0.500. The largest absolute Gasteiger partial charge is 0.331 e. The first-order valence-corrected chi connectivity index (χ1v) is 7.34. The minimum Gasteiger partial charge on any atom is -0.331 e. The Morgan fingerprint density at radius 3 is 2.80 bits per heavy atom. The molecule has 2 saturated heterocycles. The van der Waals surface area contributed by atoms with Gasteiger partial charge in [-0.1, -0.05) is 12.1 Å². The van der Waals surface area contributed by atoms with Crippen LogP contribution in [0.1, 0.15) is 31.2 Å². The molecule has 1 aromatic rings. The van der Waals surface area contributed by atoms with Crippen LogP contribution in [0.25, 0.3) is 0 Å². The van der Waals surface area contributed by atoms with Crippen LogP contribution in [-0.2, 0) is 9.59 Å². The molecule has 4 nitrogen and oxygen atoms in total. The molecular weight excluding hydrogens is 252 g/mol. The van der Waals surface area contributed by atoms with Crippen LogP contribution in [0.4, 0.5) is 5.69 Å². The number of nitrogens with zero attached hydrogens (tertiary/aromatic N) is 2. The van der Waals surface area contributed by atoms with Gasteiger partial charge in [-0.25, -0.2) is 0 Å². The molecule has 2 aliphatic rings. The van der Waals surface area contributed by atoms with E-state index in [1.807, 2.05) is 31.2 Å². The maximum Gasteiger partial charge on any atom is 0.249 e. The predicted molar refractivity (Wildman–Crippen MR) is 77.5 cm³/mol. The van der Waals surface area contributed by atoms with E-state index < -0.39 is 0 Å². The van der Waals surface area contributed by atoms with Crippen molar-refractivity contribution in [1.29, 1.82) is 0 Å². The van der Waals surface area contributed by atoms with Gasteiger partial charge in [-0.05, 0) is 43.9 Å². The second-order valence-electron chi connectivity index (χ2n) is 5.68. The van der Waals surface area contributed by atoms with Crippen LogP contribution < -0.4 is 4.90 Å². The van der Waals surface area contributed by atoms with Gasteiger partial charge in [0.15, 0.2) is 0 Å². The lowest BCUT2D eigenvalue weighted by molar-refractivity contribution is -0.138. The van der Waals surface area contributed by atoms with Gasteiger partial charge in [-0.2, -0.15) is 0 Å². The standard InChI is InChI=1S/C16H20N2O2/c1-12-5-4-6-13(11-12)17-10-8-15(19)18-9-3-2-7-14(18)16(17)20/h4-6,11,14H,2-3,7-10H2,1H3. The monoisotopic (exact) mass is 272 g/mol. The van der Waals surface area contributed by atoms with E-state index in [0.717, 1.165) is 37.1 Å². The minimum absolute atomic E-state index is 0.0844. The van der Waals surface area contributed by atoms with Crippen LogP contribution in [0.5, 0.6) is 0 Å². The first-order valence-electron chi connectivity index (χ1n) is 7.34. The number of hydrogen-bond acceptors (Lipinski definition) is 2. The Hall–Kier alpha value is -1.84. The number of hydrogen-bond donors (Lipinski definition) is 0. The average molecular weight is 272 g/mol. The highest BCUT2D eigenvalue weighted by Gasteiger charge is 2.38. The van der Waals surface area contributed by atoms with Crippen molar-refractivity contribution in [2.75, 3.05) is 18.0 Å². The molecule has 0 bridgehead atoms. The Kier molecular flexibility index (Phi) is 3.47. The smallest absolute Gasteiger partial charge is 0.249 e. The molecule has 2 amide bonds. The molecule has 106 valence electrons. The van der Waals surface area contributed by atoms with Crippen molar-refractivity contribution in [1.82, 2.24) is 4.90 Å². The van der Waals surface area contributed by atoms with Crippen molar-refractivity contribution in [3.63, 3.8) is 0 Å². The molecule has 2 fully saturated rings. The van der Waals surface area contributed by atoms with Gasteiger partial charge < -0.3 is 9.80 Å². The summed E-state index contributed by atoms with van der Waals surface area (Å²) >= 11 is 0. The van der Waals surface area contributed by atoms with E-state index in [1.54, 1.807) is 9.80 Å². The van der Waals surface area contributed by atoms with Crippen LogP contribution in [-0.4, -0.2) is 35.8 Å². The van der Waals surface area contributed by atoms with Gasteiger partial charge in [0.25, 0.3) is 0 Å². The van der Waals surface area contributed by atoms with E-state index in [0.29, 0.717) is 13.0 Å². The fourth-order valence-corrected chi connectivity index (χ4v) is 3.18. The lowest BCUT2D eigenvalue weighted by atomic mass is 10.0. The number of amides is 2. The molecular formula is C16H20N2O2. The highest BCUT2D eigenvalue weighted by molar-refractivity contribution is 6.01. The van der Waals surface area contributed by atoms with E-state index in [2.05, 4.69) is 0 Å². The molecule has 0 aromatic heterocycles. The topological polar surface area (TPSA) is 40.6 Å². The van der Waals surface area contributed by atoms with Crippen molar-refractivity contribution in [2.24, 2.45) is 0 Å². The van der Waals surface area contributed by atoms with Crippen molar-refractivity contribution in [2.45, 2.75) is 38.6 Å². The number of aryl methyl sites for hydroxylation is 1. The molecule has 1 unspecified atom stereocenters. The van der Waals surface area contributed by atoms with Crippen molar-refractivity contribution in [3.05, 3.63) is 29.8 Å². The molecule has 2 heterocycles. The molecule has 2 aliphatic heterocycles. The predicted octanol–water partition coefficient (Wildman–Crippen LogP) is 2.11. The van der Waals surface area contributed by atoms with E-state index >= 15 is 0 Å². The van der Waals surface area contributed by atoms with Crippen LogP contribution in [0.3, 0.4) is 0 Å². The summed E-state index contributed by atoms with van der Waals surface area (Å²) in [6.45, 7) is 3.24. The number of piperidine rings is 1. The van der Waals surface area contributed by atoms with Crippen molar-refractivity contribution in [3.8, 4) is 0 Å². The Morgan fingerprint density at radius 2 is 2.00 bits per heavy atom. The second kappa shape index (κ2) is 5.27. The quantitative estimate of drug-likeness (QED) is 0.785. The molecule has 4 heteroatoms. The van der Waals surface area contributed by atoms with Crippen LogP contribution in [0.2, 0.25) is 0 Å². The Morgan fingerprint density at radius 1 is 1.15 bits per heavy atom. The number of anilines is 1. The van der Waals surface area contributed by atoms with Gasteiger partial charge in [-0.15, -0.1) is 0 Å². The Bertz CT molecular complexity index is 541. The van der Waals surface area contributed by atoms with Crippen LogP contribution in [0, 0.1) is 6.92 Å². The lowest BCUT2D eigenvalue weighted by Crippen LogP contribution is -2.49. The number of carbonyl (C=O) groups excluding carboxylic acids is 2. The highest BCUT2D eigenvalue weighted by Crippen LogP contribution is 2.26. The molecule has 0 radical (unpaired) electrons. The summed E-state index contributed by atoms with van der Waals surface area (Å²) in [5.41, 5.74) is 2.04. The zero-order valence-electron chi connectivity index (χ0n) is 11.8. The molecule has 0 N–H and O–H groups in total. The van der Waals surface area contributed by atoms with Gasteiger partial charge in [0, 0.05) is 25.2 Å². The molecule has 3 rings (SSSR count). The van der Waals surface area contributed by atoms with Gasteiger partial charge >= 0.3 is 0 Å². The van der Waals surface area contributed by atoms with E-state index in [1.165, 1.54) is 0 Å². The first kappa shape index (κ1) is 13.2. The van der Waals surface area contributed by atoms with Gasteiger partial charge in [-0.3, -0.25) is 9.59 Å². The van der Waals surface area contributed by atoms with Gasteiger partial charge in [0.1, 0.15) is 6.04 Å². The molecule has 1 aromatic carbocycles. The lowest BCUT2D eigenvalue weighted by Gasteiger charge is -2.34. The Balaban J connectivity index is 1.92. The molecule has 0 saturated carbocycles. The zero-order valence-corrected chi connectivity index (χ0v) is 11.8. The van der Waals surface area contributed by atoms with Crippen LogP contribution >= 0.6 is 0 Å². The number of rotatable bonds is 1. The van der Waals surface area contributed by atoms with Crippen LogP contribution in [0.15, 0.2) is 24.3 Å². The first-order chi connectivity index (χ1) is 9.66. The van der Waals surface area contributed by atoms with E-state index in [4.69, 9.17) is 0 Å². The summed E-state index contributed by atoms with van der Waals surface area (Å²) in [5, 5.41) is 0. The maximum absolute atomic E-state index is 12.8. The third kappa shape index (κ3) is 2.30. The summed E-state index contributed by atoms with van der Waals surface area (Å²) in [6.07, 6.45) is 3.27. The van der Waals surface area contributed by atoms with E-state index in [9.17, 15) is 9.59 Å². The third-order valence-electron chi connectivity index (χ3n) is 4.24. The average Bonchev–Trinajstić information content (AvgIpc) is 2.58. The maximum atomic E-state index is 12.8.